The van der Waals surface area contributed by atoms with Crippen molar-refractivity contribution in [3.63, 3.8) is 0 Å². The van der Waals surface area contributed by atoms with Crippen molar-refractivity contribution < 1.29 is 9.53 Å². The second-order valence-corrected chi connectivity index (χ2v) is 9.07. The largest absolute Gasteiger partial charge is 0.465 e. The fraction of sp³-hybridized carbons (Fsp3) is 0.200. The van der Waals surface area contributed by atoms with Crippen LogP contribution in [-0.4, -0.2) is 68.3 Å². The van der Waals surface area contributed by atoms with E-state index in [9.17, 15) is 9.59 Å². The van der Waals surface area contributed by atoms with Gasteiger partial charge >= 0.3 is 5.97 Å². The van der Waals surface area contributed by atoms with Crippen LogP contribution in [0.15, 0.2) is 63.3 Å². The van der Waals surface area contributed by atoms with Gasteiger partial charge in [-0.1, -0.05) is 18.2 Å². The minimum atomic E-state index is -0.497. The smallest absolute Gasteiger partial charge is 0.350 e. The molecule has 2 aromatic heterocycles. The lowest BCUT2D eigenvalue weighted by Crippen LogP contribution is -2.18. The number of thiophene rings is 1. The molecule has 0 amide bonds. The van der Waals surface area contributed by atoms with Gasteiger partial charge in [-0.3, -0.25) is 9.36 Å². The molecule has 0 saturated heterocycles. The number of fused-ring (bicyclic) bond motifs is 3. The van der Waals surface area contributed by atoms with E-state index in [1.54, 1.807) is 28.2 Å². The molecule has 34 heavy (non-hydrogen) atoms. The highest BCUT2D eigenvalue weighted by Crippen LogP contribution is 2.42. The highest BCUT2D eigenvalue weighted by Gasteiger charge is 2.24. The van der Waals surface area contributed by atoms with Crippen LogP contribution in [0.25, 0.3) is 26.7 Å². The summed E-state index contributed by atoms with van der Waals surface area (Å²) in [6.45, 7) is 0. The van der Waals surface area contributed by atoms with E-state index in [2.05, 4.69) is 9.98 Å². The van der Waals surface area contributed by atoms with Crippen molar-refractivity contribution in [3.8, 4) is 5.69 Å². The molecule has 174 valence electrons. The summed E-state index contributed by atoms with van der Waals surface area (Å²) in [5.74, 6) is -0.497. The minimum absolute atomic E-state index is 0.173. The predicted molar refractivity (Wildman–Crippen MR) is 140 cm³/mol. The van der Waals surface area contributed by atoms with Crippen molar-refractivity contribution in [1.82, 2.24) is 14.4 Å². The lowest BCUT2D eigenvalue weighted by atomic mass is 10.1. The molecule has 0 aliphatic heterocycles. The molecule has 8 nitrogen and oxygen atoms in total. The Bertz CT molecular complexity index is 1480. The molecule has 2 heterocycles. The van der Waals surface area contributed by atoms with Crippen LogP contribution >= 0.6 is 11.3 Å². The number of hydrogen-bond acceptors (Lipinski definition) is 6. The number of hydrogen-bond donors (Lipinski definition) is 0. The van der Waals surface area contributed by atoms with Gasteiger partial charge in [-0.25, -0.2) is 14.8 Å². The summed E-state index contributed by atoms with van der Waals surface area (Å²) in [5.41, 5.74) is 1.75. The third-order valence-electron chi connectivity index (χ3n) is 5.03. The molecule has 0 aliphatic carbocycles. The number of aromatic nitrogens is 1. The first-order chi connectivity index (χ1) is 16.3. The summed E-state index contributed by atoms with van der Waals surface area (Å²) in [7, 11) is 8.84. The molecule has 0 saturated carbocycles. The summed E-state index contributed by atoms with van der Waals surface area (Å²) in [5, 5.41) is 2.01. The van der Waals surface area contributed by atoms with Crippen LogP contribution in [0.2, 0.25) is 0 Å². The molecule has 9 heteroatoms. The zero-order valence-electron chi connectivity index (χ0n) is 19.6. The zero-order valence-corrected chi connectivity index (χ0v) is 20.5. The Balaban J connectivity index is 2.07. The average molecular weight is 476 g/mol. The van der Waals surface area contributed by atoms with Gasteiger partial charge in [-0.2, -0.15) is 0 Å². The van der Waals surface area contributed by atoms with E-state index in [4.69, 9.17) is 4.74 Å². The van der Waals surface area contributed by atoms with E-state index < -0.39 is 5.97 Å². The maximum atomic E-state index is 13.6. The summed E-state index contributed by atoms with van der Waals surface area (Å²) in [6, 6.07) is 14.8. The van der Waals surface area contributed by atoms with Gasteiger partial charge < -0.3 is 14.5 Å². The molecular formula is C25H25N5O3S. The van der Waals surface area contributed by atoms with Crippen molar-refractivity contribution in [1.29, 1.82) is 0 Å². The standard InChI is InChI=1S/C25H25N5O3S/c1-28(2)14-26-16-10-12-17(13-11-16)30-23(31)19-9-7-6-8-18(19)20-21(27-15-29(3)4)22(25(32)33-5)34-24(20)30/h6-15H,1-5H3. The third-order valence-corrected chi connectivity index (χ3v) is 6.18. The molecule has 0 unspecified atom stereocenters. The molecule has 2 aromatic carbocycles. The number of ether oxygens (including phenoxy) is 1. The lowest BCUT2D eigenvalue weighted by Gasteiger charge is -2.11. The van der Waals surface area contributed by atoms with E-state index in [1.807, 2.05) is 75.6 Å². The SMILES string of the molecule is COC(=O)c1sc2c(c1N=CN(C)C)c1ccccc1c(=O)n2-c1ccc(N=CN(C)C)cc1. The van der Waals surface area contributed by atoms with Gasteiger partial charge in [0.05, 0.1) is 31.2 Å². The number of aliphatic imine (C=N–C) groups is 2. The number of pyridine rings is 1. The van der Waals surface area contributed by atoms with Crippen molar-refractivity contribution in [3.05, 3.63) is 63.8 Å². The van der Waals surface area contributed by atoms with Gasteiger partial charge in [0.2, 0.25) is 0 Å². The van der Waals surface area contributed by atoms with E-state index in [0.717, 1.165) is 16.5 Å². The molecule has 4 rings (SSSR count). The van der Waals surface area contributed by atoms with Gasteiger partial charge in [0.25, 0.3) is 5.56 Å². The summed E-state index contributed by atoms with van der Waals surface area (Å²) in [4.78, 5) is 39.9. The quantitative estimate of drug-likeness (QED) is 0.234. The molecular weight excluding hydrogens is 450 g/mol. The van der Waals surface area contributed by atoms with Crippen LogP contribution in [0.5, 0.6) is 0 Å². The number of methoxy groups -OCH3 is 1. The summed E-state index contributed by atoms with van der Waals surface area (Å²) >= 11 is 1.20. The molecule has 0 radical (unpaired) electrons. The topological polar surface area (TPSA) is 79.5 Å². The number of rotatable bonds is 6. The Kier molecular flexibility index (Phi) is 6.47. The maximum Gasteiger partial charge on any atom is 0.350 e. The summed E-state index contributed by atoms with van der Waals surface area (Å²) in [6.07, 6.45) is 3.35. The first kappa shape index (κ1) is 23.2. The molecule has 4 aromatic rings. The highest BCUT2D eigenvalue weighted by atomic mass is 32.1. The van der Waals surface area contributed by atoms with Crippen LogP contribution in [0.4, 0.5) is 11.4 Å². The Labute approximate surface area is 201 Å². The normalized spacial score (nSPS) is 11.7. The monoisotopic (exact) mass is 475 g/mol. The van der Waals surface area contributed by atoms with Gasteiger partial charge in [-0.05, 0) is 35.7 Å². The fourth-order valence-corrected chi connectivity index (χ4v) is 4.74. The van der Waals surface area contributed by atoms with E-state index in [0.29, 0.717) is 26.5 Å². The van der Waals surface area contributed by atoms with Gasteiger partial charge in [0.1, 0.15) is 15.4 Å². The Morgan fingerprint density at radius 2 is 1.56 bits per heavy atom. The maximum absolute atomic E-state index is 13.6. The second-order valence-electron chi connectivity index (χ2n) is 8.07. The first-order valence-corrected chi connectivity index (χ1v) is 11.3. The number of esters is 1. The molecule has 0 aliphatic rings. The fourth-order valence-electron chi connectivity index (χ4n) is 3.54. The number of nitrogens with zero attached hydrogens (tertiary/aromatic N) is 5. The van der Waals surface area contributed by atoms with E-state index in [1.165, 1.54) is 18.4 Å². The first-order valence-electron chi connectivity index (χ1n) is 10.5. The molecule has 0 spiro atoms. The lowest BCUT2D eigenvalue weighted by molar-refractivity contribution is 0.0607. The van der Waals surface area contributed by atoms with Crippen LogP contribution in [-0.2, 0) is 4.74 Å². The molecule has 0 bridgehead atoms. The number of benzene rings is 2. The Morgan fingerprint density at radius 3 is 2.18 bits per heavy atom. The number of carbonyl (C=O) groups is 1. The molecule has 0 atom stereocenters. The minimum Gasteiger partial charge on any atom is -0.465 e. The predicted octanol–water partition coefficient (Wildman–Crippen LogP) is 4.43. The van der Waals surface area contributed by atoms with E-state index in [-0.39, 0.29) is 5.56 Å². The number of carbonyl (C=O) groups excluding carboxylic acids is 1. The highest BCUT2D eigenvalue weighted by molar-refractivity contribution is 7.21. The van der Waals surface area contributed by atoms with Crippen LogP contribution in [0.3, 0.4) is 0 Å². The second kappa shape index (κ2) is 9.48. The van der Waals surface area contributed by atoms with Crippen molar-refractivity contribution in [2.24, 2.45) is 9.98 Å². The van der Waals surface area contributed by atoms with Crippen LogP contribution < -0.4 is 5.56 Å². The Hall–Kier alpha value is -3.98. The van der Waals surface area contributed by atoms with Crippen molar-refractivity contribution >= 4 is 62.3 Å². The zero-order chi connectivity index (χ0) is 24.4. The van der Waals surface area contributed by atoms with Crippen LogP contribution in [0, 0.1) is 0 Å². The van der Waals surface area contributed by atoms with Gasteiger partial charge in [-0.15, -0.1) is 11.3 Å². The van der Waals surface area contributed by atoms with Crippen molar-refractivity contribution in [2.45, 2.75) is 0 Å². The van der Waals surface area contributed by atoms with Crippen molar-refractivity contribution in [2.75, 3.05) is 35.3 Å². The summed E-state index contributed by atoms with van der Waals surface area (Å²) < 4.78 is 6.67. The molecule has 0 N–H and O–H groups in total. The molecule has 0 fully saturated rings. The average Bonchev–Trinajstić information content (AvgIpc) is 3.21. The van der Waals surface area contributed by atoms with E-state index >= 15 is 0 Å². The Morgan fingerprint density at radius 1 is 0.941 bits per heavy atom. The van der Waals surface area contributed by atoms with Gasteiger partial charge in [0, 0.05) is 39.0 Å². The van der Waals surface area contributed by atoms with Gasteiger partial charge in [0.15, 0.2) is 0 Å². The van der Waals surface area contributed by atoms with Crippen LogP contribution in [0.1, 0.15) is 9.67 Å². The third kappa shape index (κ3) is 4.29.